The maximum atomic E-state index is 12.3. The van der Waals surface area contributed by atoms with Crippen LogP contribution in [0.3, 0.4) is 0 Å². The molecule has 1 aromatic heterocycles. The zero-order valence-corrected chi connectivity index (χ0v) is 12.2. The van der Waals surface area contributed by atoms with Crippen molar-refractivity contribution >= 4 is 23.1 Å². The smallest absolute Gasteiger partial charge is 0.255 e. The minimum Gasteiger partial charge on any atom is -0.393 e. The number of nitrogens with zero attached hydrogens (tertiary/aromatic N) is 2. The van der Waals surface area contributed by atoms with E-state index in [9.17, 15) is 4.79 Å². The van der Waals surface area contributed by atoms with E-state index in [1.807, 2.05) is 24.0 Å². The largest absolute Gasteiger partial charge is 0.393 e. The molecule has 0 aromatic carbocycles. The van der Waals surface area contributed by atoms with Gasteiger partial charge in [0.15, 0.2) is 0 Å². The summed E-state index contributed by atoms with van der Waals surface area (Å²) >= 11 is 5.11. The van der Waals surface area contributed by atoms with Crippen molar-refractivity contribution in [2.75, 3.05) is 13.1 Å². The zero-order valence-electron chi connectivity index (χ0n) is 11.3. The highest BCUT2D eigenvalue weighted by Gasteiger charge is 2.34. The van der Waals surface area contributed by atoms with Crippen molar-refractivity contribution in [3.8, 4) is 0 Å². The average molecular weight is 277 g/mol. The fourth-order valence-corrected chi connectivity index (χ4v) is 2.43. The lowest BCUT2D eigenvalue weighted by Crippen LogP contribution is -2.46. The lowest BCUT2D eigenvalue weighted by atomic mass is 9.80. The molecular formula is C14H19N3OS. The van der Waals surface area contributed by atoms with Crippen LogP contribution in [0.1, 0.15) is 35.8 Å². The van der Waals surface area contributed by atoms with Gasteiger partial charge in [0.2, 0.25) is 0 Å². The second-order valence-electron chi connectivity index (χ2n) is 5.41. The Morgan fingerprint density at radius 3 is 2.53 bits per heavy atom. The van der Waals surface area contributed by atoms with Gasteiger partial charge in [-0.1, -0.05) is 19.1 Å². The molecule has 1 aromatic rings. The first-order valence-corrected chi connectivity index (χ1v) is 6.85. The van der Waals surface area contributed by atoms with Crippen LogP contribution in [0.15, 0.2) is 18.3 Å². The van der Waals surface area contributed by atoms with Crippen molar-refractivity contribution in [1.82, 2.24) is 9.88 Å². The molecule has 1 aliphatic rings. The molecule has 2 N–H and O–H groups in total. The van der Waals surface area contributed by atoms with Gasteiger partial charge in [0.1, 0.15) is 0 Å². The Hall–Kier alpha value is -1.49. The Bertz CT molecular complexity index is 490. The molecule has 19 heavy (non-hydrogen) atoms. The number of hydrogen-bond acceptors (Lipinski definition) is 3. The van der Waals surface area contributed by atoms with E-state index in [2.05, 4.69) is 11.9 Å². The summed E-state index contributed by atoms with van der Waals surface area (Å²) in [4.78, 5) is 18.9. The van der Waals surface area contributed by atoms with E-state index in [-0.39, 0.29) is 11.3 Å². The molecule has 0 unspecified atom stereocenters. The van der Waals surface area contributed by atoms with Gasteiger partial charge in [-0.05, 0) is 31.9 Å². The van der Waals surface area contributed by atoms with Crippen LogP contribution >= 0.6 is 12.2 Å². The molecule has 0 atom stereocenters. The Morgan fingerprint density at radius 1 is 1.42 bits per heavy atom. The van der Waals surface area contributed by atoms with Crippen LogP contribution in [0, 0.1) is 12.3 Å². The van der Waals surface area contributed by atoms with Gasteiger partial charge < -0.3 is 10.6 Å². The molecule has 1 amide bonds. The number of carbonyl (C=O) groups is 1. The van der Waals surface area contributed by atoms with Crippen molar-refractivity contribution in [3.63, 3.8) is 0 Å². The number of pyridine rings is 1. The van der Waals surface area contributed by atoms with Gasteiger partial charge in [-0.25, -0.2) is 0 Å². The van der Waals surface area contributed by atoms with Crippen LogP contribution in [0.25, 0.3) is 0 Å². The number of aryl methyl sites for hydroxylation is 1. The molecule has 2 heterocycles. The minimum absolute atomic E-state index is 0.0393. The van der Waals surface area contributed by atoms with Gasteiger partial charge in [-0.3, -0.25) is 9.78 Å². The van der Waals surface area contributed by atoms with E-state index in [4.69, 9.17) is 18.0 Å². The molecule has 0 radical (unpaired) electrons. The van der Waals surface area contributed by atoms with Crippen molar-refractivity contribution in [3.05, 3.63) is 29.6 Å². The summed E-state index contributed by atoms with van der Waals surface area (Å²) in [5, 5.41) is 0. The van der Waals surface area contributed by atoms with Crippen molar-refractivity contribution < 1.29 is 4.79 Å². The van der Waals surface area contributed by atoms with E-state index in [0.29, 0.717) is 23.6 Å². The number of rotatable bonds is 2. The number of thiocarbonyl (C=S) groups is 1. The monoisotopic (exact) mass is 277 g/mol. The van der Waals surface area contributed by atoms with Crippen molar-refractivity contribution in [1.29, 1.82) is 0 Å². The molecule has 5 heteroatoms. The number of hydrogen-bond donors (Lipinski definition) is 1. The van der Waals surface area contributed by atoms with E-state index >= 15 is 0 Å². The van der Waals surface area contributed by atoms with Crippen LogP contribution < -0.4 is 5.73 Å². The van der Waals surface area contributed by atoms with Crippen LogP contribution in [0.5, 0.6) is 0 Å². The van der Waals surface area contributed by atoms with Gasteiger partial charge in [-0.2, -0.15) is 0 Å². The van der Waals surface area contributed by atoms with Crippen LogP contribution in [0.4, 0.5) is 0 Å². The highest BCUT2D eigenvalue weighted by molar-refractivity contribution is 7.80. The average Bonchev–Trinajstić information content (AvgIpc) is 2.39. The van der Waals surface area contributed by atoms with Crippen molar-refractivity contribution in [2.45, 2.75) is 26.7 Å². The Balaban J connectivity index is 2.04. The molecular weight excluding hydrogens is 258 g/mol. The molecule has 0 saturated carbocycles. The quantitative estimate of drug-likeness (QED) is 0.839. The maximum absolute atomic E-state index is 12.3. The first-order valence-electron chi connectivity index (χ1n) is 6.44. The molecule has 1 saturated heterocycles. The summed E-state index contributed by atoms with van der Waals surface area (Å²) in [7, 11) is 0. The first-order chi connectivity index (χ1) is 8.92. The fraction of sp³-hybridized carbons (Fsp3) is 0.500. The maximum Gasteiger partial charge on any atom is 0.255 e. The molecule has 1 fully saturated rings. The predicted molar refractivity (Wildman–Crippen MR) is 79.0 cm³/mol. The van der Waals surface area contributed by atoms with E-state index in [1.54, 1.807) is 6.20 Å². The standard InChI is InChI=1S/C14H19N3OS/c1-10-3-4-11(9-16-10)12(18)17-7-5-14(2,6-8-17)13(15)19/h3-4,9H,5-8H2,1-2H3,(H2,15,19). The number of carbonyl (C=O) groups excluding carboxylic acids is 1. The highest BCUT2D eigenvalue weighted by Crippen LogP contribution is 2.31. The summed E-state index contributed by atoms with van der Waals surface area (Å²) in [6.07, 6.45) is 3.29. The van der Waals surface area contributed by atoms with Crippen LogP contribution in [0.2, 0.25) is 0 Å². The van der Waals surface area contributed by atoms with E-state index < -0.39 is 0 Å². The molecule has 0 bridgehead atoms. The third-order valence-corrected chi connectivity index (χ3v) is 4.40. The third kappa shape index (κ3) is 2.92. The number of likely N-dealkylation sites (tertiary alicyclic amines) is 1. The SMILES string of the molecule is Cc1ccc(C(=O)N2CCC(C)(C(N)=S)CC2)cn1. The van der Waals surface area contributed by atoms with Crippen LogP contribution in [-0.4, -0.2) is 33.9 Å². The topological polar surface area (TPSA) is 59.2 Å². The Kier molecular flexibility index (Phi) is 3.85. The Morgan fingerprint density at radius 2 is 2.05 bits per heavy atom. The van der Waals surface area contributed by atoms with Gasteiger partial charge in [0, 0.05) is 30.4 Å². The lowest BCUT2D eigenvalue weighted by Gasteiger charge is -2.38. The fourth-order valence-electron chi connectivity index (χ4n) is 2.23. The summed E-state index contributed by atoms with van der Waals surface area (Å²) in [6, 6.07) is 3.68. The van der Waals surface area contributed by atoms with E-state index in [1.165, 1.54) is 0 Å². The summed E-state index contributed by atoms with van der Waals surface area (Å²) in [5.41, 5.74) is 7.21. The van der Waals surface area contributed by atoms with Gasteiger partial charge in [0.25, 0.3) is 5.91 Å². The molecule has 0 aliphatic carbocycles. The summed E-state index contributed by atoms with van der Waals surface area (Å²) in [6.45, 7) is 5.37. The predicted octanol–water partition coefficient (Wildman–Crippen LogP) is 1.92. The number of amides is 1. The summed E-state index contributed by atoms with van der Waals surface area (Å²) in [5.74, 6) is 0.0393. The van der Waals surface area contributed by atoms with Crippen LogP contribution in [-0.2, 0) is 0 Å². The molecule has 2 rings (SSSR count). The lowest BCUT2D eigenvalue weighted by molar-refractivity contribution is 0.0670. The minimum atomic E-state index is -0.113. The van der Waals surface area contributed by atoms with Gasteiger partial charge in [-0.15, -0.1) is 0 Å². The molecule has 102 valence electrons. The molecule has 4 nitrogen and oxygen atoms in total. The molecule has 1 aliphatic heterocycles. The number of piperidine rings is 1. The zero-order chi connectivity index (χ0) is 14.0. The summed E-state index contributed by atoms with van der Waals surface area (Å²) < 4.78 is 0. The normalized spacial score (nSPS) is 18.1. The Labute approximate surface area is 119 Å². The van der Waals surface area contributed by atoms with Gasteiger partial charge >= 0.3 is 0 Å². The number of nitrogens with two attached hydrogens (primary N) is 1. The second-order valence-corrected chi connectivity index (χ2v) is 5.85. The third-order valence-electron chi connectivity index (χ3n) is 3.91. The van der Waals surface area contributed by atoms with E-state index in [0.717, 1.165) is 18.5 Å². The second kappa shape index (κ2) is 5.25. The van der Waals surface area contributed by atoms with Gasteiger partial charge in [0.05, 0.1) is 10.6 Å². The highest BCUT2D eigenvalue weighted by atomic mass is 32.1. The number of aromatic nitrogens is 1. The first kappa shape index (κ1) is 13.9. The molecule has 0 spiro atoms. The van der Waals surface area contributed by atoms with Crippen molar-refractivity contribution in [2.24, 2.45) is 11.1 Å².